The third kappa shape index (κ3) is 1.35. The first-order valence-electron chi connectivity index (χ1n) is 4.76. The summed E-state index contributed by atoms with van der Waals surface area (Å²) >= 11 is 0. The van der Waals surface area contributed by atoms with Crippen LogP contribution < -0.4 is 0 Å². The Hall–Kier alpha value is -1.24. The van der Waals surface area contributed by atoms with Gasteiger partial charge in [0.2, 0.25) is 0 Å². The van der Waals surface area contributed by atoms with Crippen molar-refractivity contribution in [3.8, 4) is 0 Å². The second-order valence-corrected chi connectivity index (χ2v) is 3.93. The van der Waals surface area contributed by atoms with Crippen molar-refractivity contribution in [3.05, 3.63) is 35.5 Å². The molecule has 0 atom stereocenters. The van der Waals surface area contributed by atoms with Gasteiger partial charge in [-0.25, -0.2) is 0 Å². The molecule has 0 spiro atoms. The summed E-state index contributed by atoms with van der Waals surface area (Å²) in [5.41, 5.74) is 3.98. The van der Waals surface area contributed by atoms with Gasteiger partial charge in [0.1, 0.15) is 0 Å². The van der Waals surface area contributed by atoms with Gasteiger partial charge in [0, 0.05) is 18.5 Å². The van der Waals surface area contributed by atoms with Crippen molar-refractivity contribution in [2.75, 3.05) is 0 Å². The van der Waals surface area contributed by atoms with Crippen molar-refractivity contribution in [2.45, 2.75) is 26.7 Å². The fourth-order valence-corrected chi connectivity index (χ4v) is 1.65. The molecular weight excluding hydrogens is 158 g/mol. The molecule has 0 radical (unpaired) electrons. The zero-order valence-corrected chi connectivity index (χ0v) is 8.39. The van der Waals surface area contributed by atoms with Crippen LogP contribution in [0.15, 0.2) is 24.4 Å². The summed E-state index contributed by atoms with van der Waals surface area (Å²) in [6.45, 7) is 6.57. The number of rotatable bonds is 1. The number of aromatic nitrogens is 1. The number of hydrogen-bond acceptors (Lipinski definition) is 0. The lowest BCUT2D eigenvalue weighted by atomic mass is 10.0. The molecule has 2 aromatic rings. The molecule has 1 nitrogen and oxygen atoms in total. The molecule has 0 saturated carbocycles. The highest BCUT2D eigenvalue weighted by molar-refractivity contribution is 5.83. The van der Waals surface area contributed by atoms with Crippen LogP contribution >= 0.6 is 0 Å². The molecule has 1 aromatic heterocycles. The van der Waals surface area contributed by atoms with E-state index < -0.39 is 0 Å². The van der Waals surface area contributed by atoms with Crippen LogP contribution in [0, 0.1) is 6.92 Å². The Balaban J connectivity index is 0.000000980. The third-order valence-corrected chi connectivity index (χ3v) is 2.58. The van der Waals surface area contributed by atoms with Crippen LogP contribution in [0.2, 0.25) is 0 Å². The summed E-state index contributed by atoms with van der Waals surface area (Å²) in [5.74, 6) is 0.605. The number of aromatic amines is 1. The molecule has 0 fully saturated rings. The second-order valence-electron chi connectivity index (χ2n) is 3.93. The van der Waals surface area contributed by atoms with Crippen molar-refractivity contribution in [3.63, 3.8) is 0 Å². The van der Waals surface area contributed by atoms with E-state index in [1.165, 1.54) is 22.0 Å². The Morgan fingerprint density at radius 2 is 2.08 bits per heavy atom. The summed E-state index contributed by atoms with van der Waals surface area (Å²) in [6.07, 6.45) is 2.06. The minimum atomic E-state index is 0. The number of fused-ring (bicyclic) bond motifs is 1. The highest BCUT2D eigenvalue weighted by Crippen LogP contribution is 2.22. The lowest BCUT2D eigenvalue weighted by molar-refractivity contribution is 0.868. The van der Waals surface area contributed by atoms with E-state index in [2.05, 4.69) is 50.2 Å². The summed E-state index contributed by atoms with van der Waals surface area (Å²) in [6, 6.07) is 6.66. The summed E-state index contributed by atoms with van der Waals surface area (Å²) in [4.78, 5) is 3.28. The van der Waals surface area contributed by atoms with Gasteiger partial charge in [-0.2, -0.15) is 0 Å². The highest BCUT2D eigenvalue weighted by atomic mass is 14.7. The van der Waals surface area contributed by atoms with E-state index >= 15 is 0 Å². The molecule has 0 aliphatic heterocycles. The molecule has 0 bridgehead atoms. The largest absolute Gasteiger partial charge is 0.361 e. The first-order chi connectivity index (χ1) is 6.18. The second kappa shape index (κ2) is 2.91. The fraction of sp³-hybridized carbons (Fsp3) is 0.333. The maximum absolute atomic E-state index is 3.28. The van der Waals surface area contributed by atoms with E-state index in [0.29, 0.717) is 5.92 Å². The fourth-order valence-electron chi connectivity index (χ4n) is 1.65. The summed E-state index contributed by atoms with van der Waals surface area (Å²) < 4.78 is 0. The van der Waals surface area contributed by atoms with Crippen molar-refractivity contribution >= 4 is 10.9 Å². The first kappa shape index (κ1) is 8.36. The van der Waals surface area contributed by atoms with Gasteiger partial charge in [-0.05, 0) is 30.0 Å². The molecule has 0 aliphatic carbocycles. The summed E-state index contributed by atoms with van der Waals surface area (Å²) in [7, 11) is 0. The molecule has 0 amide bonds. The molecule has 0 unspecified atom stereocenters. The Morgan fingerprint density at radius 1 is 1.31 bits per heavy atom. The number of nitrogens with one attached hydrogen (secondary N) is 1. The number of hydrogen-bond donors (Lipinski definition) is 1. The van der Waals surface area contributed by atoms with Crippen molar-refractivity contribution in [2.24, 2.45) is 0 Å². The predicted octanol–water partition coefficient (Wildman–Crippen LogP) is 3.85. The van der Waals surface area contributed by atoms with Gasteiger partial charge >= 0.3 is 0 Å². The van der Waals surface area contributed by atoms with Crippen LogP contribution in [-0.4, -0.2) is 4.98 Å². The van der Waals surface area contributed by atoms with Gasteiger partial charge in [-0.1, -0.05) is 26.0 Å². The molecule has 70 valence electrons. The molecule has 0 aliphatic rings. The Labute approximate surface area is 80.3 Å². The molecule has 1 N–H and O–H groups in total. The highest BCUT2D eigenvalue weighted by Gasteiger charge is 2.02. The number of H-pyrrole nitrogens is 1. The van der Waals surface area contributed by atoms with Gasteiger partial charge in [-0.15, -0.1) is 0 Å². The van der Waals surface area contributed by atoms with E-state index in [1.807, 2.05) is 0 Å². The van der Waals surface area contributed by atoms with Crippen LogP contribution in [0.5, 0.6) is 0 Å². The van der Waals surface area contributed by atoms with Crippen molar-refractivity contribution < 1.29 is 1.43 Å². The number of aryl methyl sites for hydroxylation is 1. The van der Waals surface area contributed by atoms with Gasteiger partial charge in [-0.3, -0.25) is 0 Å². The maximum atomic E-state index is 3.28. The molecule has 1 heterocycles. The van der Waals surface area contributed by atoms with Crippen LogP contribution in [0.25, 0.3) is 10.9 Å². The average Bonchev–Trinajstić information content (AvgIpc) is 2.47. The predicted molar refractivity (Wildman–Crippen MR) is 59.2 cm³/mol. The monoisotopic (exact) mass is 175 g/mol. The average molecular weight is 175 g/mol. The van der Waals surface area contributed by atoms with E-state index in [1.54, 1.807) is 0 Å². The Bertz CT molecular complexity index is 429. The van der Waals surface area contributed by atoms with Gasteiger partial charge in [0.05, 0.1) is 0 Å². The Morgan fingerprint density at radius 3 is 2.77 bits per heavy atom. The molecular formula is C12H17N. The Kier molecular flexibility index (Phi) is 1.87. The van der Waals surface area contributed by atoms with Crippen molar-refractivity contribution in [1.29, 1.82) is 0 Å². The van der Waals surface area contributed by atoms with E-state index in [-0.39, 0.29) is 1.43 Å². The number of benzene rings is 1. The minimum Gasteiger partial charge on any atom is -0.361 e. The smallest absolute Gasteiger partial charge is 0.0459 e. The first-order valence-corrected chi connectivity index (χ1v) is 4.76. The minimum absolute atomic E-state index is 0. The van der Waals surface area contributed by atoms with Crippen LogP contribution in [0.4, 0.5) is 0 Å². The van der Waals surface area contributed by atoms with Crippen LogP contribution in [0.1, 0.15) is 32.3 Å². The topological polar surface area (TPSA) is 15.8 Å². The van der Waals surface area contributed by atoms with E-state index in [0.717, 1.165) is 0 Å². The van der Waals surface area contributed by atoms with E-state index in [9.17, 15) is 0 Å². The standard InChI is InChI=1S/C12H15N.H2/c1-8(2)10-4-5-11-9(3)7-13-12(11)6-10;/h4-8,13H,1-3H3;1H. The van der Waals surface area contributed by atoms with Crippen LogP contribution in [0.3, 0.4) is 0 Å². The van der Waals surface area contributed by atoms with Gasteiger partial charge < -0.3 is 4.98 Å². The van der Waals surface area contributed by atoms with Gasteiger partial charge in [0.15, 0.2) is 0 Å². The van der Waals surface area contributed by atoms with Crippen molar-refractivity contribution in [1.82, 2.24) is 4.98 Å². The van der Waals surface area contributed by atoms with E-state index in [4.69, 9.17) is 0 Å². The molecule has 1 aromatic carbocycles. The quantitative estimate of drug-likeness (QED) is 0.677. The normalized spacial score (nSPS) is 11.4. The molecule has 2 rings (SSSR count). The summed E-state index contributed by atoms with van der Waals surface area (Å²) in [5, 5.41) is 1.34. The zero-order valence-electron chi connectivity index (χ0n) is 8.39. The van der Waals surface area contributed by atoms with Crippen LogP contribution in [-0.2, 0) is 0 Å². The molecule has 1 heteroatoms. The van der Waals surface area contributed by atoms with Gasteiger partial charge in [0.25, 0.3) is 0 Å². The molecule has 13 heavy (non-hydrogen) atoms. The zero-order chi connectivity index (χ0) is 9.42. The molecule has 0 saturated heterocycles. The SMILES string of the molecule is Cc1c[nH]c2cc(C(C)C)ccc12.[HH]. The lowest BCUT2D eigenvalue weighted by Crippen LogP contribution is -1.85. The lowest BCUT2D eigenvalue weighted by Gasteiger charge is -2.04. The maximum Gasteiger partial charge on any atom is 0.0459 e. The third-order valence-electron chi connectivity index (χ3n) is 2.58.